The van der Waals surface area contributed by atoms with Gasteiger partial charge in [0.1, 0.15) is 0 Å². The molecule has 2 aliphatic heterocycles. The van der Waals surface area contributed by atoms with Gasteiger partial charge >= 0.3 is 0 Å². The molecule has 0 amide bonds. The smallest absolute Gasteiger partial charge is 0.191 e. The fourth-order valence-corrected chi connectivity index (χ4v) is 4.27. The number of thioether (sulfide) groups is 1. The fraction of sp³-hybridized carbons (Fsp3) is 0.632. The number of nitrogens with zero attached hydrogens (tertiary/aromatic N) is 3. The molecule has 1 aromatic carbocycles. The number of benzene rings is 1. The predicted molar refractivity (Wildman–Crippen MR) is 120 cm³/mol. The number of rotatable bonds is 4. The van der Waals surface area contributed by atoms with E-state index in [0.29, 0.717) is 12.5 Å². The molecule has 3 rings (SSSR count). The third-order valence-corrected chi connectivity index (χ3v) is 5.83. The minimum atomic E-state index is 0. The molecule has 6 heteroatoms. The zero-order valence-corrected chi connectivity index (χ0v) is 18.2. The first-order valence-electron chi connectivity index (χ1n) is 9.24. The molecule has 1 aromatic rings. The van der Waals surface area contributed by atoms with Crippen LogP contribution in [-0.4, -0.2) is 53.4 Å². The summed E-state index contributed by atoms with van der Waals surface area (Å²) in [4.78, 5) is 9.36. The van der Waals surface area contributed by atoms with Gasteiger partial charge in [-0.1, -0.05) is 37.1 Å². The second kappa shape index (κ2) is 11.3. The Morgan fingerprint density at radius 3 is 2.16 bits per heavy atom. The first-order valence-corrected chi connectivity index (χ1v) is 10.4. The number of likely N-dealkylation sites (tertiary alicyclic amines) is 1. The quantitative estimate of drug-likeness (QED) is 0.412. The summed E-state index contributed by atoms with van der Waals surface area (Å²) >= 11 is 1.99. The summed E-state index contributed by atoms with van der Waals surface area (Å²) in [6.07, 6.45) is 5.48. The highest BCUT2D eigenvalue weighted by Crippen LogP contribution is 2.14. The van der Waals surface area contributed by atoms with Crippen LogP contribution in [0.2, 0.25) is 0 Å². The Kier molecular flexibility index (Phi) is 9.41. The second-order valence-electron chi connectivity index (χ2n) is 6.78. The van der Waals surface area contributed by atoms with Crippen LogP contribution in [0.15, 0.2) is 29.3 Å². The molecule has 0 bridgehead atoms. The van der Waals surface area contributed by atoms with Gasteiger partial charge < -0.3 is 10.6 Å². The summed E-state index contributed by atoms with van der Waals surface area (Å²) in [5, 5.41) is 0. The lowest BCUT2D eigenvalue weighted by atomic mass is 10.1. The van der Waals surface area contributed by atoms with Crippen molar-refractivity contribution in [3.8, 4) is 0 Å². The lowest BCUT2D eigenvalue weighted by Gasteiger charge is -2.27. The largest absolute Gasteiger partial charge is 0.370 e. The van der Waals surface area contributed by atoms with Crippen LogP contribution in [0.1, 0.15) is 36.8 Å². The van der Waals surface area contributed by atoms with Crippen LogP contribution in [0.5, 0.6) is 0 Å². The molecule has 0 aromatic heterocycles. The maximum Gasteiger partial charge on any atom is 0.191 e. The Morgan fingerprint density at radius 1 is 0.920 bits per heavy atom. The highest BCUT2D eigenvalue weighted by molar-refractivity contribution is 14.0. The Labute approximate surface area is 173 Å². The molecule has 4 nitrogen and oxygen atoms in total. The van der Waals surface area contributed by atoms with Gasteiger partial charge in [-0.3, -0.25) is 4.90 Å². The van der Waals surface area contributed by atoms with Gasteiger partial charge in [-0.2, -0.15) is 11.8 Å². The molecular formula is C19H31IN4S. The monoisotopic (exact) mass is 474 g/mol. The van der Waals surface area contributed by atoms with Gasteiger partial charge in [0.2, 0.25) is 0 Å². The van der Waals surface area contributed by atoms with Gasteiger partial charge in [-0.25, -0.2) is 4.99 Å². The molecule has 2 saturated heterocycles. The average Bonchev–Trinajstić information content (AvgIpc) is 2.90. The molecule has 140 valence electrons. The van der Waals surface area contributed by atoms with Crippen molar-refractivity contribution in [1.82, 2.24) is 9.80 Å². The van der Waals surface area contributed by atoms with Crippen molar-refractivity contribution in [3.05, 3.63) is 35.4 Å². The van der Waals surface area contributed by atoms with Crippen molar-refractivity contribution in [1.29, 1.82) is 0 Å². The van der Waals surface area contributed by atoms with Crippen LogP contribution in [0, 0.1) is 0 Å². The van der Waals surface area contributed by atoms with E-state index in [1.807, 2.05) is 11.8 Å². The summed E-state index contributed by atoms with van der Waals surface area (Å²) in [6, 6.07) is 8.92. The van der Waals surface area contributed by atoms with Crippen LogP contribution in [0.3, 0.4) is 0 Å². The van der Waals surface area contributed by atoms with Crippen LogP contribution >= 0.6 is 35.7 Å². The number of guanidine groups is 1. The van der Waals surface area contributed by atoms with E-state index in [0.717, 1.165) is 31.1 Å². The van der Waals surface area contributed by atoms with E-state index in [9.17, 15) is 0 Å². The van der Waals surface area contributed by atoms with E-state index in [2.05, 4.69) is 39.1 Å². The highest BCUT2D eigenvalue weighted by Gasteiger charge is 2.12. The van der Waals surface area contributed by atoms with Crippen molar-refractivity contribution in [2.45, 2.75) is 38.8 Å². The van der Waals surface area contributed by atoms with Gasteiger partial charge in [0.05, 0.1) is 6.54 Å². The van der Waals surface area contributed by atoms with E-state index >= 15 is 0 Å². The van der Waals surface area contributed by atoms with Gasteiger partial charge in [0.15, 0.2) is 5.96 Å². The summed E-state index contributed by atoms with van der Waals surface area (Å²) in [6.45, 7) is 6.30. The molecule has 0 spiro atoms. The predicted octanol–water partition coefficient (Wildman–Crippen LogP) is 3.54. The Balaban J connectivity index is 0.00000225. The van der Waals surface area contributed by atoms with E-state index < -0.39 is 0 Å². The van der Waals surface area contributed by atoms with E-state index in [1.165, 1.54) is 49.9 Å². The molecule has 2 fully saturated rings. The van der Waals surface area contributed by atoms with Crippen LogP contribution in [0.25, 0.3) is 0 Å². The molecule has 0 atom stereocenters. The number of nitrogens with two attached hydrogens (primary N) is 1. The number of hydrogen-bond acceptors (Lipinski definition) is 3. The number of aliphatic imine (C=N–C) groups is 1. The zero-order chi connectivity index (χ0) is 16.6. The fourth-order valence-electron chi connectivity index (χ4n) is 3.37. The Hall–Kier alpha value is -0.470. The van der Waals surface area contributed by atoms with Crippen molar-refractivity contribution in [2.24, 2.45) is 10.7 Å². The lowest BCUT2D eigenvalue weighted by molar-refractivity contribution is 0.277. The van der Waals surface area contributed by atoms with Gasteiger partial charge in [0, 0.05) is 31.1 Å². The first kappa shape index (κ1) is 20.8. The summed E-state index contributed by atoms with van der Waals surface area (Å²) < 4.78 is 0. The SMILES string of the molecule is I.NC(=NCc1ccc(CN2CCCCCC2)cc1)N1CCSCC1. The van der Waals surface area contributed by atoms with Crippen LogP contribution in [-0.2, 0) is 13.1 Å². The maximum atomic E-state index is 6.12. The molecule has 25 heavy (non-hydrogen) atoms. The van der Waals surface area contributed by atoms with E-state index in [-0.39, 0.29) is 24.0 Å². The van der Waals surface area contributed by atoms with Gasteiger partial charge in [-0.15, -0.1) is 24.0 Å². The third-order valence-electron chi connectivity index (χ3n) is 4.89. The average molecular weight is 474 g/mol. The Morgan fingerprint density at radius 2 is 1.52 bits per heavy atom. The van der Waals surface area contributed by atoms with E-state index in [4.69, 9.17) is 5.73 Å². The maximum absolute atomic E-state index is 6.12. The lowest BCUT2D eigenvalue weighted by Crippen LogP contribution is -2.42. The minimum Gasteiger partial charge on any atom is -0.370 e. The van der Waals surface area contributed by atoms with Crippen molar-refractivity contribution in [3.63, 3.8) is 0 Å². The molecule has 0 saturated carbocycles. The van der Waals surface area contributed by atoms with Crippen LogP contribution < -0.4 is 5.73 Å². The standard InChI is InChI=1S/C19H30N4S.HI/c20-19(23-11-13-24-14-12-23)21-15-17-5-7-18(8-6-17)16-22-9-3-1-2-4-10-22;/h5-8H,1-4,9-16H2,(H2,20,21);1H. The molecule has 0 aliphatic carbocycles. The zero-order valence-electron chi connectivity index (χ0n) is 15.0. The van der Waals surface area contributed by atoms with Gasteiger partial charge in [-0.05, 0) is 37.1 Å². The molecule has 2 heterocycles. The molecular weight excluding hydrogens is 443 g/mol. The van der Waals surface area contributed by atoms with Gasteiger partial charge in [0.25, 0.3) is 0 Å². The molecule has 0 radical (unpaired) electrons. The first-order chi connectivity index (χ1) is 11.8. The van der Waals surface area contributed by atoms with Crippen molar-refractivity contribution >= 4 is 41.7 Å². The summed E-state index contributed by atoms with van der Waals surface area (Å²) in [5.41, 5.74) is 8.77. The van der Waals surface area contributed by atoms with Crippen LogP contribution in [0.4, 0.5) is 0 Å². The van der Waals surface area contributed by atoms with E-state index in [1.54, 1.807) is 0 Å². The third kappa shape index (κ3) is 6.98. The second-order valence-corrected chi connectivity index (χ2v) is 8.01. The van der Waals surface area contributed by atoms with Crippen molar-refractivity contribution in [2.75, 3.05) is 37.7 Å². The summed E-state index contributed by atoms with van der Waals surface area (Å²) in [5.74, 6) is 3.01. The number of halogens is 1. The topological polar surface area (TPSA) is 44.9 Å². The molecule has 0 unspecified atom stereocenters. The van der Waals surface area contributed by atoms with Crippen molar-refractivity contribution < 1.29 is 0 Å². The molecule has 2 N–H and O–H groups in total. The highest BCUT2D eigenvalue weighted by atomic mass is 127. The molecule has 2 aliphatic rings. The normalized spacial score (nSPS) is 20.0. The number of hydrogen-bond donors (Lipinski definition) is 1. The Bertz CT molecular complexity index is 521. The minimum absolute atomic E-state index is 0. The summed E-state index contributed by atoms with van der Waals surface area (Å²) in [7, 11) is 0.